The van der Waals surface area contributed by atoms with E-state index >= 15 is 0 Å². The molecule has 1 aliphatic heterocycles. The van der Waals surface area contributed by atoms with Gasteiger partial charge < -0.3 is 10.2 Å². The van der Waals surface area contributed by atoms with Crippen molar-refractivity contribution in [3.63, 3.8) is 0 Å². The van der Waals surface area contributed by atoms with Gasteiger partial charge in [0.15, 0.2) is 0 Å². The van der Waals surface area contributed by atoms with Crippen LogP contribution in [0.3, 0.4) is 0 Å². The minimum absolute atomic E-state index is 0.0187. The van der Waals surface area contributed by atoms with Crippen LogP contribution in [0.4, 0.5) is 0 Å². The van der Waals surface area contributed by atoms with Crippen LogP contribution in [-0.2, 0) is 9.59 Å². The highest BCUT2D eigenvalue weighted by atomic mass is 32.2. The van der Waals surface area contributed by atoms with E-state index in [4.69, 9.17) is 0 Å². The standard InChI is InChI=1S/C11H20N2O2S2/c1-7-8(2)17-5-4-13(7)11(15)10(6-16)12-9(3)14/h7-8,10,16H,4-6H2,1-3H3,(H,12,14). The van der Waals surface area contributed by atoms with Gasteiger partial charge >= 0.3 is 0 Å². The highest BCUT2D eigenvalue weighted by molar-refractivity contribution is 8.00. The highest BCUT2D eigenvalue weighted by Crippen LogP contribution is 2.24. The minimum Gasteiger partial charge on any atom is -0.344 e. The number of thiol groups is 1. The maximum atomic E-state index is 12.3. The van der Waals surface area contributed by atoms with Gasteiger partial charge in [-0.15, -0.1) is 0 Å². The van der Waals surface area contributed by atoms with E-state index < -0.39 is 6.04 Å². The molecule has 1 heterocycles. The van der Waals surface area contributed by atoms with Crippen LogP contribution in [0.1, 0.15) is 20.8 Å². The fourth-order valence-corrected chi connectivity index (χ4v) is 3.22. The number of carbonyl (C=O) groups is 2. The summed E-state index contributed by atoms with van der Waals surface area (Å²) in [7, 11) is 0. The average Bonchev–Trinajstić information content (AvgIpc) is 2.28. The fraction of sp³-hybridized carbons (Fsp3) is 0.818. The Hall–Kier alpha value is -0.360. The van der Waals surface area contributed by atoms with Gasteiger partial charge in [-0.3, -0.25) is 9.59 Å². The molecule has 6 heteroatoms. The van der Waals surface area contributed by atoms with Crippen LogP contribution in [-0.4, -0.2) is 52.1 Å². The van der Waals surface area contributed by atoms with Crippen LogP contribution in [0, 0.1) is 0 Å². The summed E-state index contributed by atoms with van der Waals surface area (Å²) in [5.74, 6) is 1.08. The van der Waals surface area contributed by atoms with E-state index in [0.29, 0.717) is 11.0 Å². The third-order valence-corrected chi connectivity index (χ3v) is 4.73. The monoisotopic (exact) mass is 276 g/mol. The zero-order valence-corrected chi connectivity index (χ0v) is 12.2. The van der Waals surface area contributed by atoms with Crippen molar-refractivity contribution in [3.8, 4) is 0 Å². The molecule has 0 bridgehead atoms. The molecule has 2 amide bonds. The Kier molecular flexibility index (Phi) is 5.66. The quantitative estimate of drug-likeness (QED) is 0.749. The molecular formula is C11H20N2O2S2. The molecule has 17 heavy (non-hydrogen) atoms. The Morgan fingerprint density at radius 2 is 2.18 bits per heavy atom. The summed E-state index contributed by atoms with van der Waals surface area (Å²) in [6, 6.07) is -0.300. The molecule has 1 rings (SSSR count). The van der Waals surface area contributed by atoms with Gasteiger partial charge in [0.25, 0.3) is 0 Å². The summed E-state index contributed by atoms with van der Waals surface area (Å²) in [4.78, 5) is 25.2. The Morgan fingerprint density at radius 1 is 1.53 bits per heavy atom. The second-order valence-corrected chi connectivity index (χ2v) is 6.13. The molecular weight excluding hydrogens is 256 g/mol. The summed E-state index contributed by atoms with van der Waals surface area (Å²) in [6.45, 7) is 6.35. The third kappa shape index (κ3) is 3.81. The van der Waals surface area contributed by atoms with E-state index in [-0.39, 0.29) is 17.9 Å². The zero-order valence-electron chi connectivity index (χ0n) is 10.5. The van der Waals surface area contributed by atoms with Crippen LogP contribution in [0.25, 0.3) is 0 Å². The third-order valence-electron chi connectivity index (χ3n) is 3.03. The molecule has 0 aromatic carbocycles. The number of amides is 2. The van der Waals surface area contributed by atoms with Crippen molar-refractivity contribution in [1.29, 1.82) is 0 Å². The maximum Gasteiger partial charge on any atom is 0.246 e. The molecule has 98 valence electrons. The van der Waals surface area contributed by atoms with Crippen molar-refractivity contribution in [2.45, 2.75) is 38.1 Å². The number of thioether (sulfide) groups is 1. The number of nitrogens with one attached hydrogen (secondary N) is 1. The largest absolute Gasteiger partial charge is 0.344 e. The molecule has 0 spiro atoms. The summed E-state index contributed by atoms with van der Waals surface area (Å²) < 4.78 is 0. The molecule has 3 atom stereocenters. The molecule has 4 nitrogen and oxygen atoms in total. The molecule has 0 saturated carbocycles. The van der Waals surface area contributed by atoms with Crippen molar-refractivity contribution >= 4 is 36.2 Å². The molecule has 1 N–H and O–H groups in total. The van der Waals surface area contributed by atoms with E-state index in [1.54, 1.807) is 0 Å². The molecule has 1 saturated heterocycles. The average molecular weight is 276 g/mol. The van der Waals surface area contributed by atoms with E-state index in [0.717, 1.165) is 12.3 Å². The Bertz CT molecular complexity index is 299. The first-order chi connectivity index (χ1) is 7.97. The number of nitrogens with zero attached hydrogens (tertiary/aromatic N) is 1. The van der Waals surface area contributed by atoms with Crippen LogP contribution in [0.5, 0.6) is 0 Å². The van der Waals surface area contributed by atoms with Crippen LogP contribution in [0.15, 0.2) is 0 Å². The van der Waals surface area contributed by atoms with E-state index in [2.05, 4.69) is 31.8 Å². The van der Waals surface area contributed by atoms with Crippen molar-refractivity contribution in [2.24, 2.45) is 0 Å². The van der Waals surface area contributed by atoms with Crippen molar-refractivity contribution < 1.29 is 9.59 Å². The molecule has 1 fully saturated rings. The molecule has 1 aliphatic rings. The first-order valence-electron chi connectivity index (χ1n) is 5.77. The minimum atomic E-state index is -0.506. The zero-order chi connectivity index (χ0) is 13.0. The normalized spacial score (nSPS) is 26.5. The Labute approximate surface area is 112 Å². The maximum absolute atomic E-state index is 12.3. The fourth-order valence-electron chi connectivity index (χ4n) is 1.88. The van der Waals surface area contributed by atoms with Gasteiger partial charge in [0.2, 0.25) is 11.8 Å². The van der Waals surface area contributed by atoms with E-state index in [1.807, 2.05) is 16.7 Å². The van der Waals surface area contributed by atoms with Crippen LogP contribution in [0.2, 0.25) is 0 Å². The molecule has 0 aliphatic carbocycles. The predicted molar refractivity (Wildman–Crippen MR) is 74.6 cm³/mol. The number of hydrogen-bond donors (Lipinski definition) is 2. The molecule has 0 aromatic heterocycles. The molecule has 0 aromatic rings. The van der Waals surface area contributed by atoms with Crippen molar-refractivity contribution in [1.82, 2.24) is 10.2 Å². The van der Waals surface area contributed by atoms with E-state index in [1.165, 1.54) is 6.92 Å². The molecule has 0 radical (unpaired) electrons. The van der Waals surface area contributed by atoms with Gasteiger partial charge in [-0.1, -0.05) is 6.92 Å². The number of hydrogen-bond acceptors (Lipinski definition) is 4. The van der Waals surface area contributed by atoms with Gasteiger partial charge in [-0.05, 0) is 6.92 Å². The first-order valence-corrected chi connectivity index (χ1v) is 7.45. The second kappa shape index (κ2) is 6.54. The predicted octanol–water partition coefficient (Wildman–Crippen LogP) is 0.773. The van der Waals surface area contributed by atoms with Crippen LogP contribution < -0.4 is 5.32 Å². The lowest BCUT2D eigenvalue weighted by Gasteiger charge is -2.39. The van der Waals surface area contributed by atoms with Gasteiger partial charge in [0, 0.05) is 36.3 Å². The van der Waals surface area contributed by atoms with Gasteiger partial charge in [-0.25, -0.2) is 0 Å². The van der Waals surface area contributed by atoms with Crippen molar-refractivity contribution in [2.75, 3.05) is 18.1 Å². The smallest absolute Gasteiger partial charge is 0.246 e. The SMILES string of the molecule is CC(=O)NC(CS)C(=O)N1CCSC(C)C1C. The van der Waals surface area contributed by atoms with E-state index in [9.17, 15) is 9.59 Å². The summed E-state index contributed by atoms with van der Waals surface area (Å²) in [5, 5.41) is 3.08. The second-order valence-electron chi connectivity index (χ2n) is 4.28. The summed E-state index contributed by atoms with van der Waals surface area (Å²) in [5.41, 5.74) is 0. The summed E-state index contributed by atoms with van der Waals surface area (Å²) >= 11 is 6.01. The van der Waals surface area contributed by atoms with Gasteiger partial charge in [0.05, 0.1) is 0 Å². The van der Waals surface area contributed by atoms with Gasteiger partial charge in [0.1, 0.15) is 6.04 Å². The van der Waals surface area contributed by atoms with Gasteiger partial charge in [-0.2, -0.15) is 24.4 Å². The first kappa shape index (κ1) is 14.7. The summed E-state index contributed by atoms with van der Waals surface area (Å²) in [6.07, 6.45) is 0. The lowest BCUT2D eigenvalue weighted by atomic mass is 10.1. The van der Waals surface area contributed by atoms with Crippen molar-refractivity contribution in [3.05, 3.63) is 0 Å². The molecule has 3 unspecified atom stereocenters. The Morgan fingerprint density at radius 3 is 2.71 bits per heavy atom. The van der Waals surface area contributed by atoms with Crippen LogP contribution >= 0.6 is 24.4 Å². The topological polar surface area (TPSA) is 49.4 Å². The highest BCUT2D eigenvalue weighted by Gasteiger charge is 2.32. The Balaban J connectivity index is 2.69. The lowest BCUT2D eigenvalue weighted by molar-refractivity contribution is -0.137. The number of carbonyl (C=O) groups excluding carboxylic acids is 2. The number of rotatable bonds is 3. The lowest BCUT2D eigenvalue weighted by Crippen LogP contribution is -2.55.